The van der Waals surface area contributed by atoms with E-state index in [4.69, 9.17) is 4.98 Å². The molecule has 0 atom stereocenters. The third kappa shape index (κ3) is 2.31. The van der Waals surface area contributed by atoms with Crippen molar-refractivity contribution in [3.8, 4) is 11.7 Å². The van der Waals surface area contributed by atoms with E-state index in [1.165, 1.54) is 0 Å². The second kappa shape index (κ2) is 5.92. The number of hydrogen-bond donors (Lipinski definition) is 0. The zero-order valence-corrected chi connectivity index (χ0v) is 15.9. The van der Waals surface area contributed by atoms with Crippen LogP contribution in [0.3, 0.4) is 0 Å². The highest BCUT2D eigenvalue weighted by Gasteiger charge is 2.21. The Morgan fingerprint density at radius 2 is 1.68 bits per heavy atom. The smallest absolute Gasteiger partial charge is 0.404 e. The molecular formula is C22H19N5O. The molecule has 5 rings (SSSR count). The van der Waals surface area contributed by atoms with Crippen LogP contribution >= 0.6 is 0 Å². The number of aromatic nitrogens is 4. The van der Waals surface area contributed by atoms with E-state index < -0.39 is 0 Å². The number of para-hydroxylation sites is 1. The van der Waals surface area contributed by atoms with Gasteiger partial charge in [-0.05, 0) is 35.7 Å². The fraction of sp³-hybridized carbons (Fsp3) is 0.136. The second-order valence-electron chi connectivity index (χ2n) is 7.11. The first-order chi connectivity index (χ1) is 13.5. The van der Waals surface area contributed by atoms with Gasteiger partial charge in [0.25, 0.3) is 0 Å². The van der Waals surface area contributed by atoms with Crippen molar-refractivity contribution in [3.05, 3.63) is 60.9 Å². The Morgan fingerprint density at radius 3 is 2.43 bits per heavy atom. The average molecular weight is 369 g/mol. The Morgan fingerprint density at radius 1 is 0.929 bits per heavy atom. The van der Waals surface area contributed by atoms with E-state index >= 15 is 0 Å². The van der Waals surface area contributed by atoms with Crippen molar-refractivity contribution in [2.24, 2.45) is 7.05 Å². The lowest BCUT2D eigenvalue weighted by molar-refractivity contribution is -0.604. The lowest BCUT2D eigenvalue weighted by Crippen LogP contribution is -2.33. The first-order valence-corrected chi connectivity index (χ1v) is 9.08. The zero-order chi connectivity index (χ0) is 19.4. The number of hydrogen-bond acceptors (Lipinski definition) is 4. The van der Waals surface area contributed by atoms with Gasteiger partial charge < -0.3 is 10.0 Å². The predicted molar refractivity (Wildman–Crippen MR) is 109 cm³/mol. The molecule has 0 bridgehead atoms. The standard InChI is InChI=1S/C22H19N5O/c1-25(2)14-10-12-27(13-11-14)22-24-20-18(26(22)3)9-8-17-19(20)21(28)15-6-4-5-7-16(15)23-17/h4-13H,1-3H3. The molecule has 2 aromatic carbocycles. The normalized spacial score (nSPS) is 11.5. The van der Waals surface area contributed by atoms with Gasteiger partial charge in [-0.2, -0.15) is 0 Å². The molecule has 3 heterocycles. The third-order valence-electron chi connectivity index (χ3n) is 5.18. The molecule has 138 valence electrons. The van der Waals surface area contributed by atoms with Crippen LogP contribution < -0.4 is 14.6 Å². The summed E-state index contributed by atoms with van der Waals surface area (Å²) in [5.41, 5.74) is 4.08. The largest absolute Gasteiger partial charge is 0.871 e. The van der Waals surface area contributed by atoms with Crippen LogP contribution in [0.5, 0.6) is 5.75 Å². The van der Waals surface area contributed by atoms with Gasteiger partial charge in [0.1, 0.15) is 5.52 Å². The van der Waals surface area contributed by atoms with Gasteiger partial charge in [0.15, 0.2) is 5.52 Å². The lowest BCUT2D eigenvalue weighted by atomic mass is 10.1. The fourth-order valence-corrected chi connectivity index (χ4v) is 3.66. The Bertz CT molecular complexity index is 1350. The maximum atomic E-state index is 13.2. The molecule has 28 heavy (non-hydrogen) atoms. The summed E-state index contributed by atoms with van der Waals surface area (Å²) in [6.07, 6.45) is 3.95. The Balaban J connectivity index is 1.80. The zero-order valence-electron chi connectivity index (χ0n) is 15.9. The van der Waals surface area contributed by atoms with Crippen molar-refractivity contribution in [1.82, 2.24) is 14.5 Å². The van der Waals surface area contributed by atoms with E-state index in [0.717, 1.165) is 17.2 Å². The SMILES string of the molecule is CN(C)c1cc[n+](-c2nc3c4c([O-])c5ccccc5nc4ccc3n2C)cc1. The van der Waals surface area contributed by atoms with Gasteiger partial charge in [-0.15, -0.1) is 0 Å². The number of nitrogens with zero attached hydrogens (tertiary/aromatic N) is 5. The Hall–Kier alpha value is -3.67. The van der Waals surface area contributed by atoms with E-state index in [1.807, 2.05) is 96.1 Å². The van der Waals surface area contributed by atoms with Crippen LogP contribution in [0.1, 0.15) is 0 Å². The van der Waals surface area contributed by atoms with Crippen LogP contribution in [0.4, 0.5) is 5.69 Å². The molecule has 0 radical (unpaired) electrons. The van der Waals surface area contributed by atoms with Crippen molar-refractivity contribution in [3.63, 3.8) is 0 Å². The molecule has 0 aliphatic rings. The van der Waals surface area contributed by atoms with E-state index in [0.29, 0.717) is 27.3 Å². The van der Waals surface area contributed by atoms with Crippen LogP contribution in [-0.4, -0.2) is 28.6 Å². The maximum Gasteiger partial charge on any atom is 0.404 e. The van der Waals surface area contributed by atoms with E-state index in [2.05, 4.69) is 4.98 Å². The summed E-state index contributed by atoms with van der Waals surface area (Å²) in [7, 11) is 5.98. The average Bonchev–Trinajstić information content (AvgIpc) is 3.04. The number of benzene rings is 2. The van der Waals surface area contributed by atoms with Gasteiger partial charge in [-0.1, -0.05) is 28.9 Å². The minimum absolute atomic E-state index is 0.0243. The molecule has 0 N–H and O–H groups in total. The Kier molecular flexibility index (Phi) is 3.49. The minimum atomic E-state index is -0.0243. The van der Waals surface area contributed by atoms with Gasteiger partial charge in [-0.3, -0.25) is 0 Å². The van der Waals surface area contributed by atoms with Gasteiger partial charge in [-0.25, -0.2) is 14.1 Å². The summed E-state index contributed by atoms with van der Waals surface area (Å²) in [4.78, 5) is 11.5. The summed E-state index contributed by atoms with van der Waals surface area (Å²) < 4.78 is 3.95. The lowest BCUT2D eigenvalue weighted by Gasteiger charge is -2.13. The molecule has 0 unspecified atom stereocenters. The monoisotopic (exact) mass is 369 g/mol. The molecule has 0 aliphatic carbocycles. The second-order valence-corrected chi connectivity index (χ2v) is 7.11. The van der Waals surface area contributed by atoms with Crippen molar-refractivity contribution in [2.45, 2.75) is 0 Å². The molecule has 0 spiro atoms. The van der Waals surface area contributed by atoms with Gasteiger partial charge in [0, 0.05) is 25.2 Å². The summed E-state index contributed by atoms with van der Waals surface area (Å²) in [6, 6.07) is 15.4. The first-order valence-electron chi connectivity index (χ1n) is 9.08. The number of pyridine rings is 2. The summed E-state index contributed by atoms with van der Waals surface area (Å²) >= 11 is 0. The summed E-state index contributed by atoms with van der Waals surface area (Å²) in [5.74, 6) is 0.726. The van der Waals surface area contributed by atoms with Crippen LogP contribution in [0.15, 0.2) is 60.9 Å². The van der Waals surface area contributed by atoms with Crippen molar-refractivity contribution in [1.29, 1.82) is 0 Å². The van der Waals surface area contributed by atoms with E-state index in [1.54, 1.807) is 0 Å². The number of imidazole rings is 1. The van der Waals surface area contributed by atoms with E-state index in [9.17, 15) is 5.11 Å². The number of rotatable bonds is 2. The van der Waals surface area contributed by atoms with Crippen LogP contribution in [0.25, 0.3) is 38.8 Å². The fourth-order valence-electron chi connectivity index (χ4n) is 3.66. The molecule has 0 saturated carbocycles. The molecule has 3 aromatic heterocycles. The first kappa shape index (κ1) is 16.5. The number of anilines is 1. The van der Waals surface area contributed by atoms with Crippen LogP contribution in [-0.2, 0) is 7.05 Å². The van der Waals surface area contributed by atoms with Crippen molar-refractivity contribution >= 4 is 38.5 Å². The van der Waals surface area contributed by atoms with E-state index in [-0.39, 0.29) is 5.75 Å². The molecule has 0 aliphatic heterocycles. The van der Waals surface area contributed by atoms with Crippen LogP contribution in [0, 0.1) is 0 Å². The minimum Gasteiger partial charge on any atom is -0.871 e. The highest BCUT2D eigenvalue weighted by atomic mass is 16.3. The summed E-state index contributed by atoms with van der Waals surface area (Å²) in [5, 5.41) is 14.4. The van der Waals surface area contributed by atoms with Gasteiger partial charge in [0.2, 0.25) is 0 Å². The number of fused-ring (bicyclic) bond motifs is 4. The quantitative estimate of drug-likeness (QED) is 0.355. The van der Waals surface area contributed by atoms with Gasteiger partial charge >= 0.3 is 5.95 Å². The number of aryl methyl sites for hydroxylation is 1. The highest BCUT2D eigenvalue weighted by Crippen LogP contribution is 2.34. The molecule has 0 amide bonds. The molecule has 0 saturated heterocycles. The van der Waals surface area contributed by atoms with Gasteiger partial charge in [0.05, 0.1) is 30.5 Å². The topological polar surface area (TPSA) is 60.9 Å². The van der Waals surface area contributed by atoms with Crippen LogP contribution in [0.2, 0.25) is 0 Å². The van der Waals surface area contributed by atoms with Crippen molar-refractivity contribution in [2.75, 3.05) is 19.0 Å². The molecule has 5 aromatic rings. The maximum absolute atomic E-state index is 13.2. The molecule has 6 nitrogen and oxygen atoms in total. The van der Waals surface area contributed by atoms with Crippen molar-refractivity contribution < 1.29 is 9.67 Å². The predicted octanol–water partition coefficient (Wildman–Crippen LogP) is 2.69. The highest BCUT2D eigenvalue weighted by molar-refractivity contribution is 6.12. The molecular weight excluding hydrogens is 350 g/mol. The Labute approximate surface area is 161 Å². The summed E-state index contributed by atoms with van der Waals surface area (Å²) in [6.45, 7) is 0. The molecule has 0 fully saturated rings. The third-order valence-corrected chi connectivity index (χ3v) is 5.18. The molecule has 6 heteroatoms.